The Balaban J connectivity index is 1.67. The summed E-state index contributed by atoms with van der Waals surface area (Å²) in [5, 5.41) is 11.0. The fraction of sp³-hybridized carbons (Fsp3) is 0.261. The number of nitrogens with zero attached hydrogens (tertiary/aromatic N) is 1. The van der Waals surface area contributed by atoms with Crippen LogP contribution in [-0.4, -0.2) is 50.2 Å². The van der Waals surface area contributed by atoms with Crippen LogP contribution in [0.5, 0.6) is 5.75 Å². The van der Waals surface area contributed by atoms with Crippen LogP contribution in [0.1, 0.15) is 16.1 Å². The van der Waals surface area contributed by atoms with E-state index in [0.29, 0.717) is 30.5 Å². The minimum atomic E-state index is -0.738. The van der Waals surface area contributed by atoms with Gasteiger partial charge in [-0.3, -0.25) is 9.59 Å². The van der Waals surface area contributed by atoms with Gasteiger partial charge in [0.15, 0.2) is 5.13 Å². The topological polar surface area (TPSA) is 102 Å². The van der Waals surface area contributed by atoms with Gasteiger partial charge in [-0.1, -0.05) is 36.4 Å². The van der Waals surface area contributed by atoms with Gasteiger partial charge < -0.3 is 25.4 Å². The van der Waals surface area contributed by atoms with Crippen molar-refractivity contribution in [1.82, 2.24) is 15.6 Å². The molecule has 0 saturated heterocycles. The first kappa shape index (κ1) is 23.2. The monoisotopic (exact) mass is 454 g/mol. The highest BCUT2D eigenvalue weighted by molar-refractivity contribution is 7.14. The summed E-state index contributed by atoms with van der Waals surface area (Å²) >= 11 is 1.30. The second-order valence-corrected chi connectivity index (χ2v) is 7.75. The van der Waals surface area contributed by atoms with Crippen LogP contribution in [0, 0.1) is 0 Å². The van der Waals surface area contributed by atoms with Crippen LogP contribution in [0.25, 0.3) is 0 Å². The first-order valence-electron chi connectivity index (χ1n) is 10.1. The lowest BCUT2D eigenvalue weighted by atomic mass is 10.1. The molecule has 1 heterocycles. The van der Waals surface area contributed by atoms with Crippen molar-refractivity contribution in [2.75, 3.05) is 32.7 Å². The molecule has 0 spiro atoms. The second kappa shape index (κ2) is 11.8. The molecule has 2 aromatic carbocycles. The van der Waals surface area contributed by atoms with Crippen LogP contribution < -0.4 is 20.7 Å². The van der Waals surface area contributed by atoms with Crippen LogP contribution in [0.4, 0.5) is 10.8 Å². The van der Waals surface area contributed by atoms with E-state index in [-0.39, 0.29) is 11.6 Å². The molecule has 0 aliphatic heterocycles. The van der Waals surface area contributed by atoms with Gasteiger partial charge in [0, 0.05) is 37.2 Å². The molecule has 3 aromatic rings. The molecule has 3 N–H and O–H groups in total. The first-order valence-corrected chi connectivity index (χ1v) is 10.9. The van der Waals surface area contributed by atoms with Gasteiger partial charge in [-0.05, 0) is 17.7 Å². The number of methoxy groups -OCH3 is 2. The summed E-state index contributed by atoms with van der Waals surface area (Å²) in [7, 11) is 3.16. The van der Waals surface area contributed by atoms with Gasteiger partial charge in [0.05, 0.1) is 13.7 Å². The minimum Gasteiger partial charge on any atom is -0.497 e. The van der Waals surface area contributed by atoms with Gasteiger partial charge >= 0.3 is 0 Å². The van der Waals surface area contributed by atoms with Crippen molar-refractivity contribution in [3.05, 3.63) is 71.2 Å². The van der Waals surface area contributed by atoms with Crippen molar-refractivity contribution in [2.45, 2.75) is 12.5 Å². The number of thiazole rings is 1. The number of hydrogen-bond acceptors (Lipinski definition) is 7. The molecule has 1 unspecified atom stereocenters. The van der Waals surface area contributed by atoms with Gasteiger partial charge in [-0.2, -0.15) is 0 Å². The molecule has 0 aliphatic rings. The molecular formula is C23H26N4O4S. The minimum absolute atomic E-state index is 0.239. The van der Waals surface area contributed by atoms with E-state index in [9.17, 15) is 9.59 Å². The zero-order valence-electron chi connectivity index (χ0n) is 18.0. The van der Waals surface area contributed by atoms with Crippen molar-refractivity contribution >= 4 is 34.0 Å². The number of anilines is 2. The third-order valence-corrected chi connectivity index (χ3v) is 5.33. The number of aromatic nitrogens is 1. The Labute approximate surface area is 191 Å². The predicted molar refractivity (Wildman–Crippen MR) is 125 cm³/mol. The van der Waals surface area contributed by atoms with Crippen LogP contribution in [0.15, 0.2) is 60.0 Å². The van der Waals surface area contributed by atoms with E-state index < -0.39 is 11.9 Å². The maximum Gasteiger partial charge on any atom is 0.271 e. The molecule has 0 radical (unpaired) electrons. The van der Waals surface area contributed by atoms with Crippen LogP contribution >= 0.6 is 11.3 Å². The average Bonchev–Trinajstić information content (AvgIpc) is 3.28. The van der Waals surface area contributed by atoms with E-state index in [1.165, 1.54) is 11.3 Å². The summed E-state index contributed by atoms with van der Waals surface area (Å²) in [6, 6.07) is 16.2. The van der Waals surface area contributed by atoms with E-state index in [2.05, 4.69) is 20.9 Å². The lowest BCUT2D eigenvalue weighted by molar-refractivity contribution is -0.123. The number of ether oxygens (including phenoxy) is 2. The zero-order valence-corrected chi connectivity index (χ0v) is 18.8. The Morgan fingerprint density at radius 3 is 2.66 bits per heavy atom. The highest BCUT2D eigenvalue weighted by Crippen LogP contribution is 2.24. The first-order chi connectivity index (χ1) is 15.6. The molecule has 8 nitrogen and oxygen atoms in total. The van der Waals surface area contributed by atoms with Crippen molar-refractivity contribution in [3.8, 4) is 5.75 Å². The highest BCUT2D eigenvalue weighted by atomic mass is 32.1. The molecule has 168 valence electrons. The molecule has 0 bridgehead atoms. The van der Waals surface area contributed by atoms with Gasteiger partial charge in [0.1, 0.15) is 17.5 Å². The number of amides is 2. The smallest absolute Gasteiger partial charge is 0.271 e. The van der Waals surface area contributed by atoms with Crippen LogP contribution in [-0.2, 0) is 16.0 Å². The van der Waals surface area contributed by atoms with Crippen molar-refractivity contribution in [1.29, 1.82) is 0 Å². The number of carbonyl (C=O) groups is 2. The number of nitrogens with one attached hydrogen (secondary N) is 3. The maximum absolute atomic E-state index is 12.8. The van der Waals surface area contributed by atoms with Gasteiger partial charge in [0.2, 0.25) is 5.91 Å². The molecule has 1 aromatic heterocycles. The number of benzene rings is 2. The molecule has 0 fully saturated rings. The summed E-state index contributed by atoms with van der Waals surface area (Å²) in [6.45, 7) is 0.755. The van der Waals surface area contributed by atoms with Crippen molar-refractivity contribution in [2.24, 2.45) is 0 Å². The third kappa shape index (κ3) is 6.79. The molecule has 32 heavy (non-hydrogen) atoms. The zero-order chi connectivity index (χ0) is 22.8. The van der Waals surface area contributed by atoms with Crippen LogP contribution in [0.2, 0.25) is 0 Å². The van der Waals surface area contributed by atoms with E-state index in [0.717, 1.165) is 11.3 Å². The SMILES string of the molecule is COCCNC(=O)C(Cc1ccccc1)NC(=O)c1csc(Nc2cccc(OC)c2)n1. The quantitative estimate of drug-likeness (QED) is 0.385. The average molecular weight is 455 g/mol. The number of hydrogen-bond donors (Lipinski definition) is 3. The summed E-state index contributed by atoms with van der Waals surface area (Å²) in [5.41, 5.74) is 1.98. The molecule has 1 atom stereocenters. The van der Waals surface area contributed by atoms with E-state index in [1.807, 2.05) is 54.6 Å². The Bertz CT molecular complexity index is 1030. The Morgan fingerprint density at radius 2 is 1.91 bits per heavy atom. The summed E-state index contributed by atoms with van der Waals surface area (Å²) in [6.07, 6.45) is 0.366. The van der Waals surface area contributed by atoms with Crippen molar-refractivity contribution in [3.63, 3.8) is 0 Å². The van der Waals surface area contributed by atoms with Gasteiger partial charge in [-0.25, -0.2) is 4.98 Å². The molecule has 9 heteroatoms. The van der Waals surface area contributed by atoms with E-state index >= 15 is 0 Å². The van der Waals surface area contributed by atoms with Crippen molar-refractivity contribution < 1.29 is 19.1 Å². The fourth-order valence-corrected chi connectivity index (χ4v) is 3.66. The number of carbonyl (C=O) groups excluding carboxylic acids is 2. The Kier molecular flexibility index (Phi) is 8.59. The predicted octanol–water partition coefficient (Wildman–Crippen LogP) is 3.00. The normalized spacial score (nSPS) is 11.4. The van der Waals surface area contributed by atoms with E-state index in [1.54, 1.807) is 19.6 Å². The van der Waals surface area contributed by atoms with Gasteiger partial charge in [0.25, 0.3) is 5.91 Å². The Hall–Kier alpha value is -3.43. The second-order valence-electron chi connectivity index (χ2n) is 6.89. The molecular weight excluding hydrogens is 428 g/mol. The summed E-state index contributed by atoms with van der Waals surface area (Å²) in [5.74, 6) is 0.0275. The standard InChI is InChI=1S/C23H26N4O4S/c1-30-12-11-24-21(28)19(13-16-7-4-3-5-8-16)26-22(29)20-15-32-23(27-20)25-17-9-6-10-18(14-17)31-2/h3-10,14-15,19H,11-13H2,1-2H3,(H,24,28)(H,25,27)(H,26,29). The van der Waals surface area contributed by atoms with Crippen LogP contribution in [0.3, 0.4) is 0 Å². The summed E-state index contributed by atoms with van der Waals surface area (Å²) < 4.78 is 10.2. The molecule has 2 amide bonds. The summed E-state index contributed by atoms with van der Waals surface area (Å²) in [4.78, 5) is 29.9. The molecule has 3 rings (SSSR count). The van der Waals surface area contributed by atoms with E-state index in [4.69, 9.17) is 9.47 Å². The third-order valence-electron chi connectivity index (χ3n) is 4.57. The maximum atomic E-state index is 12.8. The largest absolute Gasteiger partial charge is 0.497 e. The fourth-order valence-electron chi connectivity index (χ4n) is 2.95. The molecule has 0 aliphatic carbocycles. The lowest BCUT2D eigenvalue weighted by Crippen LogP contribution is -2.48. The number of rotatable bonds is 11. The molecule has 0 saturated carbocycles. The highest BCUT2D eigenvalue weighted by Gasteiger charge is 2.23. The Morgan fingerprint density at radius 1 is 1.09 bits per heavy atom. The van der Waals surface area contributed by atoms with Gasteiger partial charge in [-0.15, -0.1) is 11.3 Å². The lowest BCUT2D eigenvalue weighted by Gasteiger charge is -2.18.